The summed E-state index contributed by atoms with van der Waals surface area (Å²) in [5.74, 6) is 0. The average Bonchev–Trinajstić information content (AvgIpc) is 2.18. The number of hydrogen-bond donors (Lipinski definition) is 1. The number of fused-ring (bicyclic) bond motifs is 1. The van der Waals surface area contributed by atoms with E-state index < -0.39 is 0 Å². The van der Waals surface area contributed by atoms with Crippen molar-refractivity contribution in [1.82, 2.24) is 0 Å². The second-order valence-electron chi connectivity index (χ2n) is 3.99. The van der Waals surface area contributed by atoms with E-state index in [0.717, 1.165) is 19.3 Å². The largest absolute Gasteiger partial charge is 0.322 e. The topological polar surface area (TPSA) is 26.0 Å². The lowest BCUT2D eigenvalue weighted by Crippen LogP contribution is -2.42. The molecule has 0 amide bonds. The van der Waals surface area contributed by atoms with Gasteiger partial charge in [-0.1, -0.05) is 34.1 Å². The fraction of sp³-hybridized carbons (Fsp3) is 0.333. The Morgan fingerprint density at radius 3 is 3.00 bits per heavy atom. The summed E-state index contributed by atoms with van der Waals surface area (Å²) in [5, 5.41) is 0. The lowest BCUT2D eigenvalue weighted by atomic mass is 9.79. The third-order valence-electron chi connectivity index (χ3n) is 2.98. The number of rotatable bonds is 1. The van der Waals surface area contributed by atoms with Crippen LogP contribution in [0.2, 0.25) is 0 Å². The molecule has 0 saturated heterocycles. The van der Waals surface area contributed by atoms with Crippen LogP contribution in [0.4, 0.5) is 0 Å². The molecule has 1 atom stereocenters. The van der Waals surface area contributed by atoms with Gasteiger partial charge < -0.3 is 5.73 Å². The molecule has 0 aliphatic heterocycles. The van der Waals surface area contributed by atoms with Crippen molar-refractivity contribution in [3.05, 3.63) is 46.5 Å². The summed E-state index contributed by atoms with van der Waals surface area (Å²) in [6, 6.07) is 6.32. The highest BCUT2D eigenvalue weighted by molar-refractivity contribution is 9.10. The van der Waals surface area contributed by atoms with E-state index in [1.54, 1.807) is 0 Å². The van der Waals surface area contributed by atoms with Gasteiger partial charge in [-0.05, 0) is 36.5 Å². The molecule has 1 aromatic rings. The van der Waals surface area contributed by atoms with Gasteiger partial charge in [0.25, 0.3) is 0 Å². The molecular weight excluding hydrogens is 238 g/mol. The first kappa shape index (κ1) is 9.94. The molecule has 2 N–H and O–H groups in total. The minimum absolute atomic E-state index is 0.201. The van der Waals surface area contributed by atoms with Gasteiger partial charge in [0.05, 0.1) is 0 Å². The van der Waals surface area contributed by atoms with Crippen molar-refractivity contribution < 1.29 is 0 Å². The molecule has 74 valence electrons. The molecule has 1 unspecified atom stereocenters. The smallest absolute Gasteiger partial charge is 0.0380 e. The second-order valence-corrected chi connectivity index (χ2v) is 4.85. The molecule has 0 saturated carbocycles. The maximum Gasteiger partial charge on any atom is 0.0380 e. The SMILES string of the molecule is C=CC1(N)CCc2c(Br)cccc2C1. The van der Waals surface area contributed by atoms with Crippen LogP contribution in [0.15, 0.2) is 35.3 Å². The van der Waals surface area contributed by atoms with Crippen LogP contribution in [-0.4, -0.2) is 5.54 Å². The maximum absolute atomic E-state index is 6.19. The normalized spacial score (nSPS) is 25.6. The Bertz CT molecular complexity index is 373. The van der Waals surface area contributed by atoms with E-state index >= 15 is 0 Å². The number of halogens is 1. The Labute approximate surface area is 93.1 Å². The Hall–Kier alpha value is -0.600. The van der Waals surface area contributed by atoms with Gasteiger partial charge in [0, 0.05) is 10.0 Å². The van der Waals surface area contributed by atoms with Gasteiger partial charge in [-0.15, -0.1) is 6.58 Å². The lowest BCUT2D eigenvalue weighted by molar-refractivity contribution is 0.458. The molecule has 1 aliphatic carbocycles. The summed E-state index contributed by atoms with van der Waals surface area (Å²) < 4.78 is 1.21. The third-order valence-corrected chi connectivity index (χ3v) is 3.73. The van der Waals surface area contributed by atoms with E-state index in [-0.39, 0.29) is 5.54 Å². The van der Waals surface area contributed by atoms with Crippen LogP contribution >= 0.6 is 15.9 Å². The Morgan fingerprint density at radius 2 is 2.29 bits per heavy atom. The van der Waals surface area contributed by atoms with Gasteiger partial charge >= 0.3 is 0 Å². The van der Waals surface area contributed by atoms with Crippen LogP contribution in [-0.2, 0) is 12.8 Å². The summed E-state index contributed by atoms with van der Waals surface area (Å²) in [5.41, 5.74) is 8.76. The Kier molecular flexibility index (Phi) is 2.50. The molecule has 1 nitrogen and oxygen atoms in total. The molecule has 0 bridgehead atoms. The first-order valence-electron chi connectivity index (χ1n) is 4.83. The molecule has 2 rings (SSSR count). The van der Waals surface area contributed by atoms with Crippen LogP contribution in [0.5, 0.6) is 0 Å². The molecule has 0 radical (unpaired) electrons. The number of nitrogens with two attached hydrogens (primary N) is 1. The first-order chi connectivity index (χ1) is 6.64. The number of hydrogen-bond acceptors (Lipinski definition) is 1. The highest BCUT2D eigenvalue weighted by Gasteiger charge is 2.27. The fourth-order valence-corrected chi connectivity index (χ4v) is 2.63. The molecule has 0 spiro atoms. The van der Waals surface area contributed by atoms with Crippen molar-refractivity contribution in [1.29, 1.82) is 0 Å². The Morgan fingerprint density at radius 1 is 1.50 bits per heavy atom. The van der Waals surface area contributed by atoms with Crippen molar-refractivity contribution in [3.8, 4) is 0 Å². The highest BCUT2D eigenvalue weighted by atomic mass is 79.9. The predicted octanol–water partition coefficient (Wildman–Crippen LogP) is 2.82. The first-order valence-corrected chi connectivity index (χ1v) is 5.63. The maximum atomic E-state index is 6.19. The summed E-state index contributed by atoms with van der Waals surface area (Å²) >= 11 is 3.57. The summed E-state index contributed by atoms with van der Waals surface area (Å²) in [6.07, 6.45) is 4.83. The molecule has 2 heteroatoms. The van der Waals surface area contributed by atoms with Gasteiger partial charge in [-0.2, -0.15) is 0 Å². The van der Waals surface area contributed by atoms with Crippen molar-refractivity contribution in [3.63, 3.8) is 0 Å². The van der Waals surface area contributed by atoms with E-state index in [4.69, 9.17) is 5.73 Å². The zero-order chi connectivity index (χ0) is 10.2. The standard InChI is InChI=1S/C12H14BrN/c1-2-12(14)7-6-10-9(8-12)4-3-5-11(10)13/h2-5H,1,6-8,14H2. The third kappa shape index (κ3) is 1.64. The molecule has 1 aromatic carbocycles. The van der Waals surface area contributed by atoms with Gasteiger partial charge in [-0.25, -0.2) is 0 Å². The van der Waals surface area contributed by atoms with Gasteiger partial charge in [0.2, 0.25) is 0 Å². The summed E-state index contributed by atoms with van der Waals surface area (Å²) in [6.45, 7) is 3.81. The molecule has 14 heavy (non-hydrogen) atoms. The van der Waals surface area contributed by atoms with Crippen molar-refractivity contribution in [2.45, 2.75) is 24.8 Å². The van der Waals surface area contributed by atoms with Crippen molar-refractivity contribution >= 4 is 15.9 Å². The quantitative estimate of drug-likeness (QED) is 0.764. The molecule has 0 aromatic heterocycles. The second kappa shape index (κ2) is 3.52. The molecule has 1 aliphatic rings. The fourth-order valence-electron chi connectivity index (χ4n) is 2.02. The number of benzene rings is 1. The van der Waals surface area contributed by atoms with E-state index in [1.807, 2.05) is 6.08 Å². The van der Waals surface area contributed by atoms with E-state index in [1.165, 1.54) is 15.6 Å². The minimum Gasteiger partial charge on any atom is -0.322 e. The van der Waals surface area contributed by atoms with Crippen LogP contribution in [0.1, 0.15) is 17.5 Å². The van der Waals surface area contributed by atoms with E-state index in [2.05, 4.69) is 40.7 Å². The predicted molar refractivity (Wildman–Crippen MR) is 63.3 cm³/mol. The Balaban J connectivity index is 2.41. The van der Waals surface area contributed by atoms with Gasteiger partial charge in [0.1, 0.15) is 0 Å². The van der Waals surface area contributed by atoms with Crippen LogP contribution < -0.4 is 5.73 Å². The van der Waals surface area contributed by atoms with Gasteiger partial charge in [0.15, 0.2) is 0 Å². The zero-order valence-corrected chi connectivity index (χ0v) is 9.68. The van der Waals surface area contributed by atoms with Crippen LogP contribution in [0.25, 0.3) is 0 Å². The highest BCUT2D eigenvalue weighted by Crippen LogP contribution is 2.32. The van der Waals surface area contributed by atoms with Crippen molar-refractivity contribution in [2.24, 2.45) is 5.73 Å². The van der Waals surface area contributed by atoms with Crippen LogP contribution in [0.3, 0.4) is 0 Å². The minimum atomic E-state index is -0.201. The van der Waals surface area contributed by atoms with Gasteiger partial charge in [-0.3, -0.25) is 0 Å². The summed E-state index contributed by atoms with van der Waals surface area (Å²) in [4.78, 5) is 0. The van der Waals surface area contributed by atoms with E-state index in [9.17, 15) is 0 Å². The molecule has 0 fully saturated rings. The van der Waals surface area contributed by atoms with Crippen molar-refractivity contribution in [2.75, 3.05) is 0 Å². The molecule has 0 heterocycles. The van der Waals surface area contributed by atoms with E-state index in [0.29, 0.717) is 0 Å². The zero-order valence-electron chi connectivity index (χ0n) is 8.09. The van der Waals surface area contributed by atoms with Crippen LogP contribution in [0, 0.1) is 0 Å². The average molecular weight is 252 g/mol. The lowest BCUT2D eigenvalue weighted by Gasteiger charge is -2.32. The monoisotopic (exact) mass is 251 g/mol. The summed E-state index contributed by atoms with van der Waals surface area (Å²) in [7, 11) is 0. The molecular formula is C12H14BrN.